The maximum absolute atomic E-state index is 13.6. The summed E-state index contributed by atoms with van der Waals surface area (Å²) in [5, 5.41) is 20.6. The number of carbonyl (C=O) groups is 2. The largest absolute Gasteiger partial charge is 0.481 e. The van der Waals surface area contributed by atoms with E-state index in [1.807, 2.05) is 12.1 Å². The van der Waals surface area contributed by atoms with Crippen molar-refractivity contribution in [3.8, 4) is 5.75 Å². The van der Waals surface area contributed by atoms with E-state index in [4.69, 9.17) is 14.2 Å². The topological polar surface area (TPSA) is 125 Å². The van der Waals surface area contributed by atoms with Crippen LogP contribution in [-0.2, 0) is 19.1 Å². The van der Waals surface area contributed by atoms with E-state index < -0.39 is 5.97 Å². The van der Waals surface area contributed by atoms with Gasteiger partial charge in [0.25, 0.3) is 0 Å². The minimum absolute atomic E-state index is 0.0236. The van der Waals surface area contributed by atoms with Crippen LogP contribution in [0.4, 0.5) is 0 Å². The van der Waals surface area contributed by atoms with Gasteiger partial charge in [-0.05, 0) is 87.5 Å². The summed E-state index contributed by atoms with van der Waals surface area (Å²) in [6, 6.07) is 20.8. The molecule has 2 aromatic carbocycles. The Balaban J connectivity index is 0.661. The molecule has 8 fully saturated rings. The zero-order chi connectivity index (χ0) is 37.3. The van der Waals surface area contributed by atoms with E-state index in [2.05, 4.69) is 68.2 Å². The number of rotatable bonds is 13. The maximum atomic E-state index is 13.6. The third-order valence-corrected chi connectivity index (χ3v) is 14.9. The molecular formula is C44H59N5O6. The molecule has 6 atom stereocenters. The lowest BCUT2D eigenvalue weighted by Gasteiger charge is -2.53. The van der Waals surface area contributed by atoms with Crippen LogP contribution >= 0.6 is 0 Å². The number of benzene rings is 2. The van der Waals surface area contributed by atoms with Gasteiger partial charge in [-0.3, -0.25) is 14.5 Å². The lowest BCUT2D eigenvalue weighted by atomic mass is 9.81. The van der Waals surface area contributed by atoms with E-state index >= 15 is 0 Å². The zero-order valence-electron chi connectivity index (χ0n) is 32.2. The molecule has 3 saturated carbocycles. The van der Waals surface area contributed by atoms with Crippen molar-refractivity contribution in [2.24, 2.45) is 5.41 Å². The van der Waals surface area contributed by atoms with Crippen molar-refractivity contribution in [2.75, 3.05) is 59.0 Å². The van der Waals surface area contributed by atoms with Gasteiger partial charge in [0.1, 0.15) is 5.75 Å². The molecule has 11 heteroatoms. The van der Waals surface area contributed by atoms with E-state index in [1.54, 1.807) is 0 Å². The van der Waals surface area contributed by atoms with Crippen LogP contribution in [0.5, 0.6) is 5.75 Å². The van der Waals surface area contributed by atoms with Crippen LogP contribution in [-0.4, -0.2) is 127 Å². The van der Waals surface area contributed by atoms with Crippen LogP contribution in [0.3, 0.4) is 0 Å². The third kappa shape index (κ3) is 7.51. The van der Waals surface area contributed by atoms with Crippen LogP contribution in [0.1, 0.15) is 93.6 Å². The SMILES string of the molecule is O=C(O)CC1(N2CCC3(CC2)CC(N[C@@H]2C[C@H]2c2cccc(OC(=O)C4(CN5CCC6(CC5)CC(N[C@@H]5C[C@H]5c5ccccc5)CO6)CC4)c2)CO3)CNC1. The minimum atomic E-state index is -0.716. The minimum Gasteiger partial charge on any atom is -0.481 e. The van der Waals surface area contributed by atoms with Gasteiger partial charge in [0.05, 0.1) is 41.8 Å². The van der Waals surface area contributed by atoms with Gasteiger partial charge in [-0.25, -0.2) is 0 Å². The molecule has 3 aliphatic carbocycles. The number of carboxylic acid groups (broad SMARTS) is 1. The summed E-state index contributed by atoms with van der Waals surface area (Å²) < 4.78 is 19.1. The Morgan fingerprint density at radius 3 is 1.96 bits per heavy atom. The molecule has 2 aromatic rings. The molecule has 5 saturated heterocycles. The van der Waals surface area contributed by atoms with E-state index in [0.717, 1.165) is 117 Å². The van der Waals surface area contributed by atoms with Gasteiger partial charge in [0, 0.05) is 81.8 Å². The summed E-state index contributed by atoms with van der Waals surface area (Å²) in [4.78, 5) is 30.1. The standard InChI is InChI=1S/C44H59N5O6/c50-39(51)24-42(27-45-28-42)49-17-13-44(14-18-49)23-33(26-54-44)47-38-21-36(38)31-7-4-8-34(19-31)55-40(52)41(9-10-41)29-48-15-11-43(12-16-48)22-32(25-53-43)46-37-20-35(37)30-5-2-1-3-6-30/h1-8,19,32-33,35-38,45-47H,9-18,20-29H2,(H,50,51)/t32?,33?,35-,36-,37+,38+/m0/s1. The molecule has 8 aliphatic rings. The van der Waals surface area contributed by atoms with Gasteiger partial charge in [0.2, 0.25) is 0 Å². The van der Waals surface area contributed by atoms with E-state index in [9.17, 15) is 14.7 Å². The first-order chi connectivity index (χ1) is 26.7. The molecule has 10 rings (SSSR count). The first kappa shape index (κ1) is 36.4. The highest BCUT2D eigenvalue weighted by Crippen LogP contribution is 2.50. The second-order valence-electron chi connectivity index (χ2n) is 18.8. The fraction of sp³-hybridized carbons (Fsp3) is 0.682. The highest BCUT2D eigenvalue weighted by atomic mass is 16.5. The fourth-order valence-electron chi connectivity index (χ4n) is 11.1. The van der Waals surface area contributed by atoms with Crippen LogP contribution in [0.2, 0.25) is 0 Å². The average Bonchev–Trinajstić information content (AvgIpc) is 4.13. The number of carbonyl (C=O) groups excluding carboxylic acids is 1. The van der Waals surface area contributed by atoms with E-state index in [1.165, 1.54) is 17.5 Å². The molecular weight excluding hydrogens is 695 g/mol. The summed E-state index contributed by atoms with van der Waals surface area (Å²) in [6.45, 7) is 7.55. The Hall–Kier alpha value is -2.90. The van der Waals surface area contributed by atoms with Crippen molar-refractivity contribution >= 4 is 11.9 Å². The van der Waals surface area contributed by atoms with Crippen LogP contribution in [0.15, 0.2) is 54.6 Å². The molecule has 11 nitrogen and oxygen atoms in total. The molecule has 0 radical (unpaired) electrons. The molecule has 2 spiro atoms. The Bertz CT molecular complexity index is 1730. The average molecular weight is 754 g/mol. The molecule has 296 valence electrons. The number of nitrogens with zero attached hydrogens (tertiary/aromatic N) is 2. The Morgan fingerprint density at radius 2 is 1.38 bits per heavy atom. The number of ether oxygens (including phenoxy) is 3. The number of carboxylic acids is 1. The quantitative estimate of drug-likeness (QED) is 0.175. The number of piperidine rings is 2. The van der Waals surface area contributed by atoms with E-state index in [0.29, 0.717) is 41.8 Å². The molecule has 5 aliphatic heterocycles. The molecule has 4 N–H and O–H groups in total. The molecule has 5 heterocycles. The summed E-state index contributed by atoms with van der Waals surface area (Å²) in [6.07, 6.45) is 10.4. The van der Waals surface area contributed by atoms with Crippen molar-refractivity contribution in [3.05, 3.63) is 65.7 Å². The zero-order valence-corrected chi connectivity index (χ0v) is 32.2. The van der Waals surface area contributed by atoms with Crippen LogP contribution in [0, 0.1) is 5.41 Å². The second-order valence-corrected chi connectivity index (χ2v) is 18.8. The molecule has 0 amide bonds. The number of aliphatic carboxylic acids is 1. The first-order valence-corrected chi connectivity index (χ1v) is 21.3. The summed E-state index contributed by atoms with van der Waals surface area (Å²) >= 11 is 0. The molecule has 55 heavy (non-hydrogen) atoms. The molecule has 2 unspecified atom stereocenters. The van der Waals surface area contributed by atoms with Crippen molar-refractivity contribution < 1.29 is 28.9 Å². The van der Waals surface area contributed by atoms with Crippen molar-refractivity contribution in [1.82, 2.24) is 25.8 Å². The lowest BCUT2D eigenvalue weighted by Crippen LogP contribution is -2.71. The number of hydrogen-bond acceptors (Lipinski definition) is 10. The third-order valence-electron chi connectivity index (χ3n) is 14.9. The Kier molecular flexibility index (Phi) is 9.40. The van der Waals surface area contributed by atoms with Crippen LogP contribution < -0.4 is 20.7 Å². The first-order valence-electron chi connectivity index (χ1n) is 21.3. The predicted octanol–water partition coefficient (Wildman–Crippen LogP) is 4.03. The number of nitrogens with one attached hydrogen (secondary N) is 3. The van der Waals surface area contributed by atoms with Gasteiger partial charge >= 0.3 is 11.9 Å². The van der Waals surface area contributed by atoms with E-state index in [-0.39, 0.29) is 34.5 Å². The maximum Gasteiger partial charge on any atom is 0.318 e. The van der Waals surface area contributed by atoms with Crippen molar-refractivity contribution in [3.63, 3.8) is 0 Å². The van der Waals surface area contributed by atoms with Gasteiger partial charge in [-0.15, -0.1) is 0 Å². The Labute approximate surface area is 325 Å². The van der Waals surface area contributed by atoms with Gasteiger partial charge in [0.15, 0.2) is 0 Å². The molecule has 0 bridgehead atoms. The highest BCUT2D eigenvalue weighted by molar-refractivity contribution is 5.82. The second kappa shape index (κ2) is 14.2. The van der Waals surface area contributed by atoms with Crippen molar-refractivity contribution in [1.29, 1.82) is 0 Å². The van der Waals surface area contributed by atoms with Gasteiger partial charge < -0.3 is 40.2 Å². The van der Waals surface area contributed by atoms with Crippen LogP contribution in [0.25, 0.3) is 0 Å². The smallest absolute Gasteiger partial charge is 0.318 e. The molecule has 0 aromatic heterocycles. The monoisotopic (exact) mass is 753 g/mol. The number of likely N-dealkylation sites (tertiary alicyclic amines) is 2. The Morgan fingerprint density at radius 1 is 0.782 bits per heavy atom. The summed E-state index contributed by atoms with van der Waals surface area (Å²) in [5.74, 6) is 0.926. The van der Waals surface area contributed by atoms with Gasteiger partial charge in [-0.2, -0.15) is 0 Å². The van der Waals surface area contributed by atoms with Crippen molar-refractivity contribution in [2.45, 2.75) is 123 Å². The highest BCUT2D eigenvalue weighted by Gasteiger charge is 2.55. The summed E-state index contributed by atoms with van der Waals surface area (Å²) in [7, 11) is 0. The number of esters is 1. The van der Waals surface area contributed by atoms with Gasteiger partial charge in [-0.1, -0.05) is 42.5 Å². The predicted molar refractivity (Wildman–Crippen MR) is 207 cm³/mol. The number of hydrogen-bond donors (Lipinski definition) is 4. The fourth-order valence-corrected chi connectivity index (χ4v) is 11.1. The normalized spacial score (nSPS) is 34.0. The summed E-state index contributed by atoms with van der Waals surface area (Å²) in [5.41, 5.74) is 1.93. The lowest BCUT2D eigenvalue weighted by molar-refractivity contribution is -0.144.